The third-order valence-electron chi connectivity index (χ3n) is 4.60. The monoisotopic (exact) mass is 444 g/mol. The zero-order valence-corrected chi connectivity index (χ0v) is 17.6. The second kappa shape index (κ2) is 8.47. The number of aromatic nitrogens is 2. The zero-order valence-electron chi connectivity index (χ0n) is 16.9. The summed E-state index contributed by atoms with van der Waals surface area (Å²) in [5.41, 5.74) is 1.44. The number of nitrogens with one attached hydrogen (secondary N) is 2. The van der Waals surface area contributed by atoms with Crippen LogP contribution >= 0.6 is 11.6 Å². The van der Waals surface area contributed by atoms with Crippen LogP contribution in [-0.4, -0.2) is 39.4 Å². The van der Waals surface area contributed by atoms with Crippen LogP contribution in [-0.2, 0) is 11.8 Å². The summed E-state index contributed by atoms with van der Waals surface area (Å²) in [6.07, 6.45) is -4.69. The van der Waals surface area contributed by atoms with Crippen LogP contribution in [0.4, 0.5) is 18.9 Å². The average molecular weight is 445 g/mol. The number of carbonyl (C=O) groups excluding carboxylic acids is 3. The van der Waals surface area contributed by atoms with E-state index in [1.807, 2.05) is 0 Å². The lowest BCUT2D eigenvalue weighted by atomic mass is 10.1. The Hall–Kier alpha value is -2.88. The lowest BCUT2D eigenvalue weighted by molar-refractivity contribution is -0.156. The average Bonchev–Trinajstić information content (AvgIpc) is 2.81. The van der Waals surface area contributed by atoms with Crippen molar-refractivity contribution in [1.29, 1.82) is 0 Å². The Bertz CT molecular complexity index is 1010. The Balaban J connectivity index is 2.35. The van der Waals surface area contributed by atoms with E-state index in [0.717, 1.165) is 6.92 Å². The number of carbonyl (C=O) groups is 3. The molecule has 2 rings (SSSR count). The first kappa shape index (κ1) is 23.4. The van der Waals surface area contributed by atoms with Gasteiger partial charge in [0.15, 0.2) is 0 Å². The number of amides is 2. The van der Waals surface area contributed by atoms with Crippen LogP contribution in [0.3, 0.4) is 0 Å². The van der Waals surface area contributed by atoms with Crippen molar-refractivity contribution in [3.63, 3.8) is 0 Å². The molecule has 0 unspecified atom stereocenters. The summed E-state index contributed by atoms with van der Waals surface area (Å²) < 4.78 is 39.3. The molecule has 2 heterocycles. The minimum absolute atomic E-state index is 0.128. The first-order valence-corrected chi connectivity index (χ1v) is 9.15. The lowest BCUT2D eigenvalue weighted by Gasteiger charge is -2.16. The van der Waals surface area contributed by atoms with Gasteiger partial charge >= 0.3 is 6.18 Å². The minimum Gasteiger partial charge on any atom is -0.344 e. The Labute approximate surface area is 175 Å². The molecular weight excluding hydrogens is 425 g/mol. The van der Waals surface area contributed by atoms with Crippen LogP contribution in [0.25, 0.3) is 0 Å². The molecular formula is C19H20ClF3N4O3. The van der Waals surface area contributed by atoms with Crippen molar-refractivity contribution in [2.75, 3.05) is 5.32 Å². The van der Waals surface area contributed by atoms with Crippen LogP contribution in [0.15, 0.2) is 12.1 Å². The topological polar surface area (TPSA) is 93.1 Å². The molecule has 0 saturated carbocycles. The molecule has 0 aromatic carbocycles. The number of pyridine rings is 1. The van der Waals surface area contributed by atoms with Crippen LogP contribution < -0.4 is 10.6 Å². The molecule has 0 bridgehead atoms. The van der Waals surface area contributed by atoms with E-state index in [2.05, 4.69) is 10.3 Å². The molecule has 0 aliphatic carbocycles. The predicted molar refractivity (Wildman–Crippen MR) is 105 cm³/mol. The third kappa shape index (κ3) is 4.81. The summed E-state index contributed by atoms with van der Waals surface area (Å²) in [5.74, 6) is -3.14. The SMILES string of the molecule is Cc1cc(NC(=O)c2c(C)c(C(=O)C(=O)N[C@H](C)C(F)(F)F)n(C)c2C)cc(Cl)n1. The fourth-order valence-corrected chi connectivity index (χ4v) is 3.23. The molecule has 2 aromatic rings. The van der Waals surface area contributed by atoms with Crippen molar-refractivity contribution >= 4 is 34.9 Å². The molecule has 0 aliphatic heterocycles. The van der Waals surface area contributed by atoms with E-state index in [4.69, 9.17) is 11.6 Å². The molecule has 2 aromatic heterocycles. The van der Waals surface area contributed by atoms with Gasteiger partial charge < -0.3 is 15.2 Å². The number of hydrogen-bond acceptors (Lipinski definition) is 4. The summed E-state index contributed by atoms with van der Waals surface area (Å²) >= 11 is 5.89. The van der Waals surface area contributed by atoms with Crippen molar-refractivity contribution in [1.82, 2.24) is 14.9 Å². The number of hydrogen-bond donors (Lipinski definition) is 2. The van der Waals surface area contributed by atoms with Gasteiger partial charge in [0, 0.05) is 24.1 Å². The van der Waals surface area contributed by atoms with Crippen molar-refractivity contribution < 1.29 is 27.6 Å². The number of anilines is 1. The van der Waals surface area contributed by atoms with E-state index in [9.17, 15) is 27.6 Å². The number of halogens is 4. The summed E-state index contributed by atoms with van der Waals surface area (Å²) in [6, 6.07) is 0.839. The smallest absolute Gasteiger partial charge is 0.344 e. The molecule has 0 spiro atoms. The van der Waals surface area contributed by atoms with Crippen LogP contribution in [0.5, 0.6) is 0 Å². The standard InChI is InChI=1S/C19H20ClF3N4O3/c1-8-6-12(7-13(20)24-8)26-17(29)14-9(2)15(27(5)10(14)3)16(28)18(30)25-11(4)19(21,22)23/h6-7,11H,1-5H3,(H,25,30)(H,24,26,29)/t11-/m1/s1. The molecule has 2 amide bonds. The summed E-state index contributed by atoms with van der Waals surface area (Å²) in [7, 11) is 1.44. The lowest BCUT2D eigenvalue weighted by Crippen LogP contribution is -2.46. The Morgan fingerprint density at radius 3 is 2.30 bits per heavy atom. The van der Waals surface area contributed by atoms with Gasteiger partial charge in [0.05, 0.1) is 11.3 Å². The van der Waals surface area contributed by atoms with Gasteiger partial charge in [-0.15, -0.1) is 0 Å². The third-order valence-corrected chi connectivity index (χ3v) is 4.79. The van der Waals surface area contributed by atoms with E-state index in [-0.39, 0.29) is 22.0 Å². The number of rotatable bonds is 5. The van der Waals surface area contributed by atoms with E-state index >= 15 is 0 Å². The van der Waals surface area contributed by atoms with Crippen molar-refractivity contribution in [3.05, 3.63) is 45.5 Å². The van der Waals surface area contributed by atoms with Gasteiger partial charge in [0.25, 0.3) is 17.6 Å². The van der Waals surface area contributed by atoms with Gasteiger partial charge in [-0.25, -0.2) is 4.98 Å². The molecule has 0 aliphatic rings. The molecule has 0 saturated heterocycles. The van der Waals surface area contributed by atoms with Crippen molar-refractivity contribution in [3.8, 4) is 0 Å². The molecule has 1 atom stereocenters. The second-order valence-corrected chi connectivity index (χ2v) is 7.22. The number of aryl methyl sites for hydroxylation is 1. The Morgan fingerprint density at radius 1 is 1.17 bits per heavy atom. The summed E-state index contributed by atoms with van der Waals surface area (Å²) in [6.45, 7) is 5.42. The molecule has 0 fully saturated rings. The molecule has 11 heteroatoms. The van der Waals surface area contributed by atoms with Crippen LogP contribution in [0.1, 0.15) is 44.7 Å². The van der Waals surface area contributed by atoms with Gasteiger partial charge in [-0.05, 0) is 45.4 Å². The Kier molecular flexibility index (Phi) is 6.60. The molecule has 7 nitrogen and oxygen atoms in total. The maximum Gasteiger partial charge on any atom is 0.408 e. The van der Waals surface area contributed by atoms with E-state index in [1.54, 1.807) is 25.2 Å². The maximum absolute atomic E-state index is 12.8. The normalized spacial score (nSPS) is 12.4. The van der Waals surface area contributed by atoms with E-state index in [1.165, 1.54) is 24.6 Å². The highest BCUT2D eigenvalue weighted by Crippen LogP contribution is 2.25. The molecule has 0 radical (unpaired) electrons. The minimum atomic E-state index is -4.69. The van der Waals surface area contributed by atoms with Crippen LogP contribution in [0, 0.1) is 20.8 Å². The number of ketones is 1. The fraction of sp³-hybridized carbons (Fsp3) is 0.368. The first-order valence-electron chi connectivity index (χ1n) is 8.77. The van der Waals surface area contributed by atoms with Gasteiger partial charge in [-0.3, -0.25) is 14.4 Å². The predicted octanol–water partition coefficient (Wildman–Crippen LogP) is 3.50. The largest absolute Gasteiger partial charge is 0.408 e. The number of Topliss-reactive ketones (excluding diaryl/α,β-unsaturated/α-hetero) is 1. The number of alkyl halides is 3. The quantitative estimate of drug-likeness (QED) is 0.419. The Morgan fingerprint density at radius 2 is 1.77 bits per heavy atom. The first-order chi connectivity index (χ1) is 13.7. The zero-order chi connectivity index (χ0) is 23.0. The van der Waals surface area contributed by atoms with Crippen molar-refractivity contribution in [2.45, 2.75) is 39.9 Å². The van der Waals surface area contributed by atoms with E-state index < -0.39 is 29.8 Å². The van der Waals surface area contributed by atoms with Crippen LogP contribution in [0.2, 0.25) is 5.15 Å². The fourth-order valence-electron chi connectivity index (χ4n) is 2.98. The van der Waals surface area contributed by atoms with Gasteiger partial charge in [-0.1, -0.05) is 11.6 Å². The second-order valence-electron chi connectivity index (χ2n) is 6.83. The molecule has 2 N–H and O–H groups in total. The highest BCUT2D eigenvalue weighted by atomic mass is 35.5. The number of nitrogens with zero attached hydrogens (tertiary/aromatic N) is 2. The van der Waals surface area contributed by atoms with Gasteiger partial charge in [-0.2, -0.15) is 13.2 Å². The van der Waals surface area contributed by atoms with Crippen molar-refractivity contribution in [2.24, 2.45) is 7.05 Å². The van der Waals surface area contributed by atoms with E-state index in [0.29, 0.717) is 17.1 Å². The maximum atomic E-state index is 12.8. The highest BCUT2D eigenvalue weighted by molar-refractivity contribution is 6.43. The summed E-state index contributed by atoms with van der Waals surface area (Å²) in [4.78, 5) is 41.4. The van der Waals surface area contributed by atoms with Gasteiger partial charge in [0.1, 0.15) is 11.2 Å². The van der Waals surface area contributed by atoms with Gasteiger partial charge in [0.2, 0.25) is 0 Å². The molecule has 30 heavy (non-hydrogen) atoms. The molecule has 162 valence electrons. The highest BCUT2D eigenvalue weighted by Gasteiger charge is 2.39. The summed E-state index contributed by atoms with van der Waals surface area (Å²) in [5, 5.41) is 4.46.